The van der Waals surface area contributed by atoms with Gasteiger partial charge in [0.2, 0.25) is 0 Å². The summed E-state index contributed by atoms with van der Waals surface area (Å²) in [4.78, 5) is 20.9. The third kappa shape index (κ3) is 3.95. The van der Waals surface area contributed by atoms with Crippen LogP contribution in [-0.2, 0) is 6.54 Å². The fourth-order valence-electron chi connectivity index (χ4n) is 3.40. The van der Waals surface area contributed by atoms with E-state index in [0.29, 0.717) is 32.7 Å². The van der Waals surface area contributed by atoms with Crippen molar-refractivity contribution in [2.45, 2.75) is 13.5 Å². The molecule has 2 aromatic heterocycles. The molecule has 0 saturated heterocycles. The molecule has 4 rings (SSSR count). The van der Waals surface area contributed by atoms with E-state index in [4.69, 9.17) is 23.2 Å². The number of aromatic carboxylic acids is 1. The minimum Gasteiger partial charge on any atom is -0.477 e. The van der Waals surface area contributed by atoms with Gasteiger partial charge in [-0.05, 0) is 42.3 Å². The molecule has 0 radical (unpaired) electrons. The van der Waals surface area contributed by atoms with Gasteiger partial charge in [0.1, 0.15) is 5.82 Å². The minimum atomic E-state index is -1.06. The molecule has 0 aliphatic carbocycles. The third-order valence-electron chi connectivity index (χ3n) is 4.78. The standard InChI is InChI=1S/C23H17Cl2N3O2/c1-14-21(23(29)30)28(13-18-10-19(24)7-8-20(18)25)22(27-14)17-9-16(11-26-12-17)15-5-3-2-4-6-15/h2-12H,13H2,1H3,(H,29,30). The molecule has 2 aromatic carbocycles. The van der Waals surface area contributed by atoms with Crippen molar-refractivity contribution < 1.29 is 9.90 Å². The lowest BCUT2D eigenvalue weighted by atomic mass is 10.1. The van der Waals surface area contributed by atoms with Crippen molar-refractivity contribution in [3.05, 3.63) is 94.0 Å². The van der Waals surface area contributed by atoms with Gasteiger partial charge in [-0.3, -0.25) is 4.98 Å². The second kappa shape index (κ2) is 8.30. The van der Waals surface area contributed by atoms with Gasteiger partial charge >= 0.3 is 5.97 Å². The normalized spacial score (nSPS) is 10.9. The highest BCUT2D eigenvalue weighted by molar-refractivity contribution is 6.33. The van der Waals surface area contributed by atoms with Crippen LogP contribution in [0.15, 0.2) is 67.0 Å². The molecule has 1 N–H and O–H groups in total. The summed E-state index contributed by atoms with van der Waals surface area (Å²) in [7, 11) is 0. The Hall–Kier alpha value is -3.15. The van der Waals surface area contributed by atoms with Crippen LogP contribution < -0.4 is 0 Å². The van der Waals surface area contributed by atoms with Crippen molar-refractivity contribution in [1.29, 1.82) is 0 Å². The quantitative estimate of drug-likeness (QED) is 0.417. The molecule has 0 aliphatic heterocycles. The van der Waals surface area contributed by atoms with Crippen LogP contribution in [0.4, 0.5) is 0 Å². The maximum absolute atomic E-state index is 12.0. The highest BCUT2D eigenvalue weighted by Crippen LogP contribution is 2.29. The summed E-state index contributed by atoms with van der Waals surface area (Å²) in [5, 5.41) is 10.8. The zero-order chi connectivity index (χ0) is 21.3. The molecule has 4 aromatic rings. The van der Waals surface area contributed by atoms with Crippen LogP contribution in [0.25, 0.3) is 22.5 Å². The molecule has 0 bridgehead atoms. The predicted molar refractivity (Wildman–Crippen MR) is 118 cm³/mol. The SMILES string of the molecule is Cc1nc(-c2cncc(-c3ccccc3)c2)n(Cc2cc(Cl)ccc2Cl)c1C(=O)O. The number of nitrogens with zero attached hydrogens (tertiary/aromatic N) is 3. The summed E-state index contributed by atoms with van der Waals surface area (Å²) in [5.74, 6) is -0.553. The first-order chi connectivity index (χ1) is 14.4. The topological polar surface area (TPSA) is 68.0 Å². The molecule has 0 saturated carbocycles. The van der Waals surface area contributed by atoms with E-state index < -0.39 is 5.97 Å². The highest BCUT2D eigenvalue weighted by Gasteiger charge is 2.22. The monoisotopic (exact) mass is 437 g/mol. The van der Waals surface area contributed by atoms with Gasteiger partial charge in [-0.15, -0.1) is 0 Å². The van der Waals surface area contributed by atoms with Crippen molar-refractivity contribution in [3.63, 3.8) is 0 Å². The minimum absolute atomic E-state index is 0.103. The zero-order valence-corrected chi connectivity index (χ0v) is 17.5. The summed E-state index contributed by atoms with van der Waals surface area (Å²) in [6.45, 7) is 1.89. The van der Waals surface area contributed by atoms with Gasteiger partial charge in [0.15, 0.2) is 5.69 Å². The fraction of sp³-hybridized carbons (Fsp3) is 0.0870. The zero-order valence-electron chi connectivity index (χ0n) is 16.0. The van der Waals surface area contributed by atoms with E-state index in [-0.39, 0.29) is 12.2 Å². The Kier molecular flexibility index (Phi) is 5.57. The molecular formula is C23H17Cl2N3O2. The van der Waals surface area contributed by atoms with Gasteiger partial charge in [-0.25, -0.2) is 9.78 Å². The number of aromatic nitrogens is 3. The van der Waals surface area contributed by atoms with Crippen molar-refractivity contribution in [2.75, 3.05) is 0 Å². The van der Waals surface area contributed by atoms with Crippen molar-refractivity contribution in [3.8, 4) is 22.5 Å². The van der Waals surface area contributed by atoms with Crippen LogP contribution in [0, 0.1) is 6.92 Å². The lowest BCUT2D eigenvalue weighted by Crippen LogP contribution is -2.12. The van der Waals surface area contributed by atoms with Crippen molar-refractivity contribution >= 4 is 29.2 Å². The molecule has 0 unspecified atom stereocenters. The first kappa shape index (κ1) is 20.1. The van der Waals surface area contributed by atoms with Crippen LogP contribution in [0.1, 0.15) is 21.7 Å². The van der Waals surface area contributed by atoms with E-state index in [1.54, 1.807) is 42.1 Å². The van der Waals surface area contributed by atoms with Crippen molar-refractivity contribution in [2.24, 2.45) is 0 Å². The average molecular weight is 438 g/mol. The Balaban J connectivity index is 1.86. The molecular weight excluding hydrogens is 421 g/mol. The number of imidazole rings is 1. The highest BCUT2D eigenvalue weighted by atomic mass is 35.5. The number of pyridine rings is 1. The summed E-state index contributed by atoms with van der Waals surface area (Å²) in [6.07, 6.45) is 3.45. The molecule has 0 fully saturated rings. The van der Waals surface area contributed by atoms with Crippen LogP contribution in [0.5, 0.6) is 0 Å². The predicted octanol–water partition coefficient (Wildman–Crippen LogP) is 5.97. The maximum Gasteiger partial charge on any atom is 0.354 e. The van der Waals surface area contributed by atoms with E-state index in [0.717, 1.165) is 11.1 Å². The van der Waals surface area contributed by atoms with Crippen LogP contribution in [-0.4, -0.2) is 25.6 Å². The summed E-state index contributed by atoms with van der Waals surface area (Å²) < 4.78 is 1.64. The van der Waals surface area contributed by atoms with Crippen LogP contribution in [0.3, 0.4) is 0 Å². The molecule has 0 amide bonds. The van der Waals surface area contributed by atoms with Gasteiger partial charge in [0, 0.05) is 33.6 Å². The lowest BCUT2D eigenvalue weighted by molar-refractivity contribution is 0.0685. The number of halogens is 2. The summed E-state index contributed by atoms with van der Waals surface area (Å²) >= 11 is 12.5. The second-order valence-corrected chi connectivity index (χ2v) is 7.67. The summed E-state index contributed by atoms with van der Waals surface area (Å²) in [5.41, 5.74) is 3.87. The van der Waals surface area contributed by atoms with Gasteiger partial charge in [0.25, 0.3) is 0 Å². The van der Waals surface area contributed by atoms with E-state index >= 15 is 0 Å². The van der Waals surface area contributed by atoms with E-state index in [2.05, 4.69) is 9.97 Å². The second-order valence-electron chi connectivity index (χ2n) is 6.82. The molecule has 150 valence electrons. The fourth-order valence-corrected chi connectivity index (χ4v) is 3.78. The first-order valence-electron chi connectivity index (χ1n) is 9.19. The average Bonchev–Trinajstić information content (AvgIpc) is 3.07. The van der Waals surface area contributed by atoms with Crippen LogP contribution >= 0.6 is 23.2 Å². The van der Waals surface area contributed by atoms with E-state index in [1.165, 1.54) is 0 Å². The lowest BCUT2D eigenvalue weighted by Gasteiger charge is -2.13. The van der Waals surface area contributed by atoms with Gasteiger partial charge in [0.05, 0.1) is 12.2 Å². The number of carboxylic acid groups (broad SMARTS) is 1. The molecule has 0 atom stereocenters. The Morgan fingerprint density at radius 1 is 1.00 bits per heavy atom. The summed E-state index contributed by atoms with van der Waals surface area (Å²) in [6, 6.07) is 16.9. The number of carboxylic acids is 1. The molecule has 30 heavy (non-hydrogen) atoms. The Bertz CT molecular complexity index is 1240. The molecule has 0 aliphatic rings. The Labute approximate surface area is 183 Å². The maximum atomic E-state index is 12.0. The number of carbonyl (C=O) groups is 1. The number of benzene rings is 2. The molecule has 0 spiro atoms. The van der Waals surface area contributed by atoms with E-state index in [9.17, 15) is 9.90 Å². The Morgan fingerprint density at radius 2 is 1.73 bits per heavy atom. The first-order valence-corrected chi connectivity index (χ1v) is 9.95. The number of rotatable bonds is 5. The third-order valence-corrected chi connectivity index (χ3v) is 5.39. The largest absolute Gasteiger partial charge is 0.477 e. The number of hydrogen-bond acceptors (Lipinski definition) is 3. The van der Waals surface area contributed by atoms with Crippen LogP contribution in [0.2, 0.25) is 10.0 Å². The molecule has 7 heteroatoms. The molecule has 5 nitrogen and oxygen atoms in total. The smallest absolute Gasteiger partial charge is 0.354 e. The van der Waals surface area contributed by atoms with Gasteiger partial charge in [-0.2, -0.15) is 0 Å². The number of aryl methyl sites for hydroxylation is 1. The number of hydrogen-bond donors (Lipinski definition) is 1. The van der Waals surface area contributed by atoms with Gasteiger partial charge < -0.3 is 9.67 Å². The molecule has 2 heterocycles. The Morgan fingerprint density at radius 3 is 2.47 bits per heavy atom. The van der Waals surface area contributed by atoms with E-state index in [1.807, 2.05) is 36.4 Å². The van der Waals surface area contributed by atoms with Crippen molar-refractivity contribution in [1.82, 2.24) is 14.5 Å². The van der Waals surface area contributed by atoms with Gasteiger partial charge in [-0.1, -0.05) is 53.5 Å².